The van der Waals surface area contributed by atoms with Crippen LogP contribution in [0.5, 0.6) is 0 Å². The number of thioether (sulfide) groups is 1. The van der Waals surface area contributed by atoms with Gasteiger partial charge in [-0.2, -0.15) is 0 Å². The van der Waals surface area contributed by atoms with Crippen LogP contribution in [-0.2, 0) is 17.1 Å². The van der Waals surface area contributed by atoms with Crippen molar-refractivity contribution in [3.8, 4) is 0 Å². The van der Waals surface area contributed by atoms with Gasteiger partial charge in [-0.25, -0.2) is 0 Å². The molecule has 122 valence electrons. The molecule has 0 aliphatic carbocycles. The Kier molecular flexibility index (Phi) is 6.82. The van der Waals surface area contributed by atoms with Gasteiger partial charge < -0.3 is 4.90 Å². The van der Waals surface area contributed by atoms with Crippen LogP contribution in [-0.4, -0.2) is 23.6 Å². The van der Waals surface area contributed by atoms with Crippen LogP contribution in [0.4, 0.5) is 0 Å². The minimum absolute atomic E-state index is 0.121. The molecule has 0 aromatic heterocycles. The van der Waals surface area contributed by atoms with Gasteiger partial charge in [0.1, 0.15) is 0 Å². The number of amides is 1. The second-order valence-electron chi connectivity index (χ2n) is 5.48. The van der Waals surface area contributed by atoms with Gasteiger partial charge in [0, 0.05) is 19.3 Å². The van der Waals surface area contributed by atoms with Crippen molar-refractivity contribution < 1.29 is 4.79 Å². The number of rotatable bonds is 6. The van der Waals surface area contributed by atoms with E-state index in [1.54, 1.807) is 22.7 Å². The van der Waals surface area contributed by atoms with E-state index in [0.717, 1.165) is 16.9 Å². The summed E-state index contributed by atoms with van der Waals surface area (Å²) in [7, 11) is 1.84. The average Bonchev–Trinajstić information content (AvgIpc) is 2.53. The Morgan fingerprint density at radius 2 is 1.70 bits per heavy atom. The molecule has 2 nitrogen and oxygen atoms in total. The number of nitrogens with zero attached hydrogens (tertiary/aromatic N) is 1. The highest BCUT2D eigenvalue weighted by Gasteiger charge is 2.10. The zero-order chi connectivity index (χ0) is 16.8. The Labute approximate surface area is 151 Å². The quantitative estimate of drug-likeness (QED) is 0.699. The van der Waals surface area contributed by atoms with Crippen LogP contribution in [0.1, 0.15) is 16.7 Å². The molecule has 5 heteroatoms. The van der Waals surface area contributed by atoms with Crippen LogP contribution >= 0.6 is 35.0 Å². The number of carbonyl (C=O) groups is 1. The third-order valence-electron chi connectivity index (χ3n) is 3.44. The summed E-state index contributed by atoms with van der Waals surface area (Å²) in [5.74, 6) is 1.31. The van der Waals surface area contributed by atoms with Gasteiger partial charge in [0.05, 0.1) is 15.8 Å². The van der Waals surface area contributed by atoms with E-state index >= 15 is 0 Å². The molecule has 23 heavy (non-hydrogen) atoms. The largest absolute Gasteiger partial charge is 0.341 e. The average molecular weight is 368 g/mol. The van der Waals surface area contributed by atoms with E-state index in [1.807, 2.05) is 19.2 Å². The van der Waals surface area contributed by atoms with Crippen LogP contribution in [0.15, 0.2) is 42.5 Å². The Balaban J connectivity index is 1.79. The molecule has 0 radical (unpaired) electrons. The summed E-state index contributed by atoms with van der Waals surface area (Å²) in [4.78, 5) is 13.9. The molecule has 0 unspecified atom stereocenters. The topological polar surface area (TPSA) is 20.3 Å². The van der Waals surface area contributed by atoms with Crippen molar-refractivity contribution in [2.75, 3.05) is 12.8 Å². The second kappa shape index (κ2) is 8.62. The first-order chi connectivity index (χ1) is 11.0. The molecule has 0 heterocycles. The van der Waals surface area contributed by atoms with E-state index < -0.39 is 0 Å². The van der Waals surface area contributed by atoms with E-state index in [-0.39, 0.29) is 5.91 Å². The zero-order valence-electron chi connectivity index (χ0n) is 13.2. The molecule has 0 spiro atoms. The normalized spacial score (nSPS) is 10.6. The van der Waals surface area contributed by atoms with Crippen molar-refractivity contribution in [2.45, 2.75) is 19.2 Å². The highest BCUT2D eigenvalue weighted by Crippen LogP contribution is 2.24. The van der Waals surface area contributed by atoms with Crippen LogP contribution < -0.4 is 0 Å². The summed E-state index contributed by atoms with van der Waals surface area (Å²) in [6, 6.07) is 13.8. The summed E-state index contributed by atoms with van der Waals surface area (Å²) in [6.07, 6.45) is 0. The minimum atomic E-state index is 0.121. The Morgan fingerprint density at radius 1 is 1.04 bits per heavy atom. The van der Waals surface area contributed by atoms with E-state index in [2.05, 4.69) is 31.2 Å². The van der Waals surface area contributed by atoms with Crippen molar-refractivity contribution >= 4 is 40.9 Å². The van der Waals surface area contributed by atoms with E-state index in [9.17, 15) is 4.79 Å². The van der Waals surface area contributed by atoms with E-state index in [0.29, 0.717) is 22.3 Å². The maximum atomic E-state index is 12.2. The molecule has 0 aliphatic rings. The van der Waals surface area contributed by atoms with Crippen molar-refractivity contribution in [1.29, 1.82) is 0 Å². The maximum Gasteiger partial charge on any atom is 0.232 e. The molecule has 0 fully saturated rings. The van der Waals surface area contributed by atoms with Gasteiger partial charge in [-0.1, -0.05) is 59.1 Å². The fraction of sp³-hybridized carbons (Fsp3) is 0.278. The van der Waals surface area contributed by atoms with E-state index in [4.69, 9.17) is 23.2 Å². The molecule has 0 N–H and O–H groups in total. The predicted molar refractivity (Wildman–Crippen MR) is 100 cm³/mol. The molecule has 0 saturated carbocycles. The highest BCUT2D eigenvalue weighted by molar-refractivity contribution is 7.99. The van der Waals surface area contributed by atoms with Crippen LogP contribution in [0.25, 0.3) is 0 Å². The molecule has 2 aromatic rings. The smallest absolute Gasteiger partial charge is 0.232 e. The van der Waals surface area contributed by atoms with Crippen LogP contribution in [0.3, 0.4) is 0 Å². The number of halogens is 2. The Morgan fingerprint density at radius 3 is 2.35 bits per heavy atom. The second-order valence-corrected chi connectivity index (χ2v) is 7.28. The number of hydrogen-bond acceptors (Lipinski definition) is 2. The molecular weight excluding hydrogens is 349 g/mol. The van der Waals surface area contributed by atoms with Gasteiger partial charge in [-0.05, 0) is 30.2 Å². The number of carbonyl (C=O) groups excluding carboxylic acids is 1. The number of benzene rings is 2. The zero-order valence-corrected chi connectivity index (χ0v) is 15.5. The number of hydrogen-bond donors (Lipinski definition) is 0. The third kappa shape index (κ3) is 5.76. The van der Waals surface area contributed by atoms with Crippen molar-refractivity contribution in [1.82, 2.24) is 4.90 Å². The van der Waals surface area contributed by atoms with Crippen molar-refractivity contribution in [3.05, 3.63) is 69.2 Å². The molecule has 0 bridgehead atoms. The van der Waals surface area contributed by atoms with Gasteiger partial charge >= 0.3 is 0 Å². The third-order valence-corrected chi connectivity index (χ3v) is 5.17. The van der Waals surface area contributed by atoms with Crippen LogP contribution in [0.2, 0.25) is 10.0 Å². The summed E-state index contributed by atoms with van der Waals surface area (Å²) < 4.78 is 0. The Bertz CT molecular complexity index is 673. The van der Waals surface area contributed by atoms with Crippen molar-refractivity contribution in [2.24, 2.45) is 0 Å². The molecule has 2 rings (SSSR count). The van der Waals surface area contributed by atoms with E-state index in [1.165, 1.54) is 5.56 Å². The summed E-state index contributed by atoms with van der Waals surface area (Å²) in [5.41, 5.74) is 3.43. The van der Waals surface area contributed by atoms with Crippen molar-refractivity contribution in [3.63, 3.8) is 0 Å². The van der Waals surface area contributed by atoms with Gasteiger partial charge in [0.2, 0.25) is 5.91 Å². The lowest BCUT2D eigenvalue weighted by molar-refractivity contribution is -0.127. The molecular formula is C18H19Cl2NOS. The summed E-state index contributed by atoms with van der Waals surface area (Å²) in [6.45, 7) is 2.69. The number of aryl methyl sites for hydroxylation is 1. The molecule has 0 saturated heterocycles. The van der Waals surface area contributed by atoms with Gasteiger partial charge in [-0.15, -0.1) is 11.8 Å². The van der Waals surface area contributed by atoms with Gasteiger partial charge in [-0.3, -0.25) is 4.79 Å². The first-order valence-electron chi connectivity index (χ1n) is 7.27. The molecule has 1 amide bonds. The summed E-state index contributed by atoms with van der Waals surface area (Å²) in [5, 5.41) is 1.10. The molecule has 2 aromatic carbocycles. The maximum absolute atomic E-state index is 12.2. The fourth-order valence-electron chi connectivity index (χ4n) is 2.05. The highest BCUT2D eigenvalue weighted by atomic mass is 35.5. The first-order valence-corrected chi connectivity index (χ1v) is 9.18. The predicted octanol–water partition coefficient (Wildman–Crippen LogP) is 5.19. The van der Waals surface area contributed by atoms with Gasteiger partial charge in [0.25, 0.3) is 0 Å². The monoisotopic (exact) mass is 367 g/mol. The van der Waals surface area contributed by atoms with Crippen LogP contribution in [0, 0.1) is 6.92 Å². The Hall–Kier alpha value is -1.16. The SMILES string of the molecule is Cc1ccc(CN(C)C(=O)CSCc2ccc(Cl)c(Cl)c2)cc1. The lowest BCUT2D eigenvalue weighted by Gasteiger charge is -2.17. The van der Waals surface area contributed by atoms with Gasteiger partial charge in [0.15, 0.2) is 0 Å². The lowest BCUT2D eigenvalue weighted by atomic mass is 10.1. The summed E-state index contributed by atoms with van der Waals surface area (Å²) >= 11 is 13.5. The molecule has 0 aliphatic heterocycles. The fourth-order valence-corrected chi connectivity index (χ4v) is 3.28. The molecule has 0 atom stereocenters. The lowest BCUT2D eigenvalue weighted by Crippen LogP contribution is -2.27. The standard InChI is InChI=1S/C18H19Cl2NOS/c1-13-3-5-14(6-4-13)10-21(2)18(22)12-23-11-15-7-8-16(19)17(20)9-15/h3-9H,10-12H2,1-2H3. The first kappa shape index (κ1) is 18.2. The minimum Gasteiger partial charge on any atom is -0.341 e.